The van der Waals surface area contributed by atoms with E-state index in [0.717, 1.165) is 16.0 Å². The van der Waals surface area contributed by atoms with E-state index in [1.54, 1.807) is 24.3 Å². The Labute approximate surface area is 217 Å². The van der Waals surface area contributed by atoms with Crippen molar-refractivity contribution >= 4 is 46.4 Å². The molecule has 1 atom stereocenters. The van der Waals surface area contributed by atoms with Crippen LogP contribution in [0.15, 0.2) is 84.0 Å². The molecule has 35 heavy (non-hydrogen) atoms. The van der Waals surface area contributed by atoms with E-state index < -0.39 is 5.91 Å². The lowest BCUT2D eigenvalue weighted by atomic mass is 10.1. The lowest BCUT2D eigenvalue weighted by molar-refractivity contribution is 0.0938. The van der Waals surface area contributed by atoms with Gasteiger partial charge in [-0.15, -0.1) is 11.3 Å². The second kappa shape index (κ2) is 11.0. The van der Waals surface area contributed by atoms with Crippen molar-refractivity contribution in [2.45, 2.75) is 26.4 Å². The Kier molecular flexibility index (Phi) is 7.86. The summed E-state index contributed by atoms with van der Waals surface area (Å²) in [4.78, 5) is 31.3. The highest BCUT2D eigenvalue weighted by molar-refractivity contribution is 7.09. The minimum Gasteiger partial charge on any atom is -0.346 e. The molecule has 2 amide bonds. The first-order valence-corrected chi connectivity index (χ1v) is 12.5. The normalized spacial score (nSPS) is 12.4. The molecular weight excluding hydrogens is 501 g/mol. The van der Waals surface area contributed by atoms with Gasteiger partial charge in [-0.3, -0.25) is 9.59 Å². The third kappa shape index (κ3) is 6.28. The highest BCUT2D eigenvalue weighted by Gasteiger charge is 2.13. The molecule has 4 aromatic rings. The molecule has 0 saturated heterocycles. The van der Waals surface area contributed by atoms with Crippen LogP contribution >= 0.6 is 34.5 Å². The topological polar surface area (TPSA) is 63.5 Å². The Morgan fingerprint density at radius 2 is 1.74 bits per heavy atom. The molecule has 0 unspecified atom stereocenters. The van der Waals surface area contributed by atoms with Crippen LogP contribution in [0.25, 0.3) is 0 Å². The van der Waals surface area contributed by atoms with E-state index in [1.165, 1.54) is 17.4 Å². The van der Waals surface area contributed by atoms with Gasteiger partial charge in [0.25, 0.3) is 11.8 Å². The van der Waals surface area contributed by atoms with E-state index in [9.17, 15) is 9.59 Å². The van der Waals surface area contributed by atoms with Crippen LogP contribution in [0, 0.1) is 6.92 Å². The fraction of sp³-hybridized carbons (Fsp3) is 0.148. The lowest BCUT2D eigenvalue weighted by Gasteiger charge is -2.14. The van der Waals surface area contributed by atoms with Crippen molar-refractivity contribution in [2.24, 2.45) is 4.99 Å². The van der Waals surface area contributed by atoms with Crippen LogP contribution in [0.3, 0.4) is 0 Å². The number of amides is 2. The van der Waals surface area contributed by atoms with Gasteiger partial charge in [-0.2, -0.15) is 4.99 Å². The van der Waals surface area contributed by atoms with Crippen molar-refractivity contribution in [1.82, 2.24) is 9.88 Å². The number of aryl methyl sites for hydroxylation is 1. The summed E-state index contributed by atoms with van der Waals surface area (Å²) in [5.74, 6) is -0.560. The van der Waals surface area contributed by atoms with Gasteiger partial charge in [-0.25, -0.2) is 0 Å². The summed E-state index contributed by atoms with van der Waals surface area (Å²) in [6.45, 7) is 4.43. The predicted molar refractivity (Wildman–Crippen MR) is 141 cm³/mol. The molecule has 0 radical (unpaired) electrons. The molecule has 8 heteroatoms. The molecule has 4 rings (SSSR count). The number of hydrogen-bond acceptors (Lipinski definition) is 3. The molecule has 5 nitrogen and oxygen atoms in total. The molecule has 1 aromatic heterocycles. The summed E-state index contributed by atoms with van der Waals surface area (Å²) in [6.07, 6.45) is 1.95. The number of halogens is 2. The van der Waals surface area contributed by atoms with E-state index in [0.29, 0.717) is 27.5 Å². The quantitative estimate of drug-likeness (QED) is 0.315. The number of nitrogens with zero attached hydrogens (tertiary/aromatic N) is 2. The third-order valence-electron chi connectivity index (χ3n) is 5.41. The van der Waals surface area contributed by atoms with E-state index in [1.807, 2.05) is 67.1 Å². The van der Waals surface area contributed by atoms with Crippen molar-refractivity contribution in [3.63, 3.8) is 0 Å². The third-order valence-corrected chi connectivity index (χ3v) is 6.89. The molecule has 0 aliphatic rings. The fourth-order valence-electron chi connectivity index (χ4n) is 3.58. The van der Waals surface area contributed by atoms with Crippen molar-refractivity contribution in [2.75, 3.05) is 0 Å². The SMILES string of the molecule is Cc1cn(Cc2ccc(C(=O)N[C@@H](C)c3ccccc3)cc2)c(=NC(=O)c2ccc(Cl)cc2Cl)s1. The monoisotopic (exact) mass is 523 g/mol. The first kappa shape index (κ1) is 24.9. The summed E-state index contributed by atoms with van der Waals surface area (Å²) < 4.78 is 1.91. The lowest BCUT2D eigenvalue weighted by Crippen LogP contribution is -2.26. The second-order valence-corrected chi connectivity index (χ2v) is 10.2. The molecule has 0 aliphatic heterocycles. The van der Waals surface area contributed by atoms with Crippen LogP contribution in [-0.4, -0.2) is 16.4 Å². The first-order chi connectivity index (χ1) is 16.8. The number of benzene rings is 3. The van der Waals surface area contributed by atoms with E-state index >= 15 is 0 Å². The first-order valence-electron chi connectivity index (χ1n) is 11.0. The van der Waals surface area contributed by atoms with Gasteiger partial charge in [0.1, 0.15) is 0 Å². The number of carbonyl (C=O) groups excluding carboxylic acids is 2. The molecule has 1 N–H and O–H groups in total. The molecule has 0 saturated carbocycles. The highest BCUT2D eigenvalue weighted by atomic mass is 35.5. The molecular formula is C27H23Cl2N3O2S. The Balaban J connectivity index is 1.49. The summed E-state index contributed by atoms with van der Waals surface area (Å²) in [7, 11) is 0. The number of hydrogen-bond donors (Lipinski definition) is 1. The van der Waals surface area contributed by atoms with Crippen LogP contribution < -0.4 is 10.1 Å². The maximum Gasteiger partial charge on any atom is 0.281 e. The molecule has 0 bridgehead atoms. The summed E-state index contributed by atoms with van der Waals surface area (Å²) in [6, 6.07) is 21.9. The van der Waals surface area contributed by atoms with E-state index in [-0.39, 0.29) is 17.0 Å². The van der Waals surface area contributed by atoms with Crippen LogP contribution in [0.1, 0.15) is 49.7 Å². The average molecular weight is 524 g/mol. The van der Waals surface area contributed by atoms with Crippen molar-refractivity contribution in [3.05, 3.63) is 121 Å². The Bertz CT molecular complexity index is 1430. The van der Waals surface area contributed by atoms with E-state index in [4.69, 9.17) is 23.2 Å². The highest BCUT2D eigenvalue weighted by Crippen LogP contribution is 2.21. The minimum atomic E-state index is -0.429. The van der Waals surface area contributed by atoms with Crippen LogP contribution in [0.5, 0.6) is 0 Å². The number of rotatable bonds is 6. The van der Waals surface area contributed by atoms with E-state index in [2.05, 4.69) is 10.3 Å². The van der Waals surface area contributed by atoms with Gasteiger partial charge in [-0.1, -0.05) is 65.7 Å². The largest absolute Gasteiger partial charge is 0.346 e. The summed E-state index contributed by atoms with van der Waals surface area (Å²) >= 11 is 13.5. The molecule has 178 valence electrons. The van der Waals surface area contributed by atoms with Gasteiger partial charge in [0.15, 0.2) is 4.80 Å². The van der Waals surface area contributed by atoms with Crippen molar-refractivity contribution in [3.8, 4) is 0 Å². The van der Waals surface area contributed by atoms with Gasteiger partial charge < -0.3 is 9.88 Å². The number of thiazole rings is 1. The molecule has 3 aromatic carbocycles. The fourth-order valence-corrected chi connectivity index (χ4v) is 4.90. The zero-order valence-corrected chi connectivity index (χ0v) is 21.5. The van der Waals surface area contributed by atoms with Gasteiger partial charge >= 0.3 is 0 Å². The summed E-state index contributed by atoms with van der Waals surface area (Å²) in [5, 5.41) is 3.75. The van der Waals surface area contributed by atoms with Gasteiger partial charge in [-0.05, 0) is 55.3 Å². The predicted octanol–water partition coefficient (Wildman–Crippen LogP) is 6.45. The maximum absolute atomic E-state index is 12.7. The zero-order valence-electron chi connectivity index (χ0n) is 19.2. The zero-order chi connectivity index (χ0) is 24.9. The van der Waals surface area contributed by atoms with Crippen LogP contribution in [-0.2, 0) is 6.54 Å². The smallest absolute Gasteiger partial charge is 0.281 e. The Morgan fingerprint density at radius 1 is 1.03 bits per heavy atom. The standard InChI is InChI=1S/C27H23Cl2N3O2S/c1-17-15-32(27(35-17)31-26(34)23-13-12-22(28)14-24(23)29)16-19-8-10-21(11-9-19)25(33)30-18(2)20-6-4-3-5-7-20/h3-15,18H,16H2,1-2H3,(H,30,33)/t18-/m0/s1. The van der Waals surface area contributed by atoms with Gasteiger partial charge in [0.05, 0.1) is 16.6 Å². The van der Waals surface area contributed by atoms with Crippen molar-refractivity contribution < 1.29 is 9.59 Å². The number of carbonyl (C=O) groups is 2. The minimum absolute atomic E-state index is 0.0939. The maximum atomic E-state index is 12.7. The molecule has 0 aliphatic carbocycles. The summed E-state index contributed by atoms with van der Waals surface area (Å²) in [5.41, 5.74) is 2.91. The number of aromatic nitrogens is 1. The van der Waals surface area contributed by atoms with Crippen LogP contribution in [0.2, 0.25) is 10.0 Å². The van der Waals surface area contributed by atoms with Gasteiger partial charge in [0, 0.05) is 28.2 Å². The second-order valence-electron chi connectivity index (χ2n) is 8.10. The molecule has 1 heterocycles. The molecule has 0 fully saturated rings. The van der Waals surface area contributed by atoms with Crippen LogP contribution in [0.4, 0.5) is 0 Å². The molecule has 0 spiro atoms. The Morgan fingerprint density at radius 3 is 2.43 bits per heavy atom. The number of nitrogens with one attached hydrogen (secondary N) is 1. The average Bonchev–Trinajstić information content (AvgIpc) is 3.18. The van der Waals surface area contributed by atoms with Crippen molar-refractivity contribution in [1.29, 1.82) is 0 Å². The van der Waals surface area contributed by atoms with Gasteiger partial charge in [0.2, 0.25) is 0 Å². The Hall–Kier alpha value is -3.19.